The molecule has 0 aliphatic rings. The summed E-state index contributed by atoms with van der Waals surface area (Å²) in [6.07, 6.45) is 1.97. The van der Waals surface area contributed by atoms with E-state index in [4.69, 9.17) is 4.52 Å². The molecule has 1 aromatic heterocycles. The maximum atomic E-state index is 5.75. The fraction of sp³-hybridized carbons (Fsp3) is 0.308. The quantitative estimate of drug-likeness (QED) is 0.650. The molecule has 0 atom stereocenters. The third-order valence-corrected chi connectivity index (χ3v) is 2.28. The third-order valence-electron chi connectivity index (χ3n) is 2.28. The molecule has 0 spiro atoms. The fourth-order valence-electron chi connectivity index (χ4n) is 1.41. The van der Waals surface area contributed by atoms with Gasteiger partial charge in [-0.1, -0.05) is 30.3 Å². The van der Waals surface area contributed by atoms with Crippen LogP contribution in [-0.4, -0.2) is 0 Å². The minimum absolute atomic E-state index is 0.00691. The van der Waals surface area contributed by atoms with Gasteiger partial charge in [-0.05, 0) is 4.74 Å². The van der Waals surface area contributed by atoms with Crippen LogP contribution in [0.15, 0.2) is 47.1 Å². The maximum Gasteiger partial charge on any atom is 0.221 e. The lowest BCUT2D eigenvalue weighted by Crippen LogP contribution is -2.48. The number of aromatic nitrogens is 1. The van der Waals surface area contributed by atoms with Gasteiger partial charge in [0.15, 0.2) is 0 Å². The second-order valence-corrected chi connectivity index (χ2v) is 4.63. The summed E-state index contributed by atoms with van der Waals surface area (Å²) in [6, 6.07) is 12.1. The van der Waals surface area contributed by atoms with Crippen LogP contribution in [0.5, 0.6) is 0 Å². The zero-order valence-corrected chi connectivity index (χ0v) is 9.40. The summed E-state index contributed by atoms with van der Waals surface area (Å²) in [4.78, 5) is 0. The predicted octanol–water partition coefficient (Wildman–Crippen LogP) is 2.99. The Hall–Kier alpha value is -1.57. The van der Waals surface area contributed by atoms with Gasteiger partial charge in [0.05, 0.1) is 6.07 Å². The molecule has 15 heavy (non-hydrogen) atoms. The summed E-state index contributed by atoms with van der Waals surface area (Å²) >= 11 is 0. The number of benzene rings is 1. The van der Waals surface area contributed by atoms with Crippen molar-refractivity contribution in [2.45, 2.75) is 26.3 Å². The van der Waals surface area contributed by atoms with E-state index in [0.717, 1.165) is 11.3 Å². The lowest BCUT2D eigenvalue weighted by molar-refractivity contribution is -0.905. The molecule has 78 valence electrons. The average molecular weight is 202 g/mol. The lowest BCUT2D eigenvalue weighted by atomic mass is 10.1. The SMILES string of the molecule is CC(C)(C)[n+]1ccc(-c2ccccc2)o1. The van der Waals surface area contributed by atoms with Crippen LogP contribution in [0.3, 0.4) is 0 Å². The van der Waals surface area contributed by atoms with Crippen molar-refractivity contribution in [2.24, 2.45) is 0 Å². The molecular formula is C13H16NO+. The number of hydrogen-bond donors (Lipinski definition) is 0. The van der Waals surface area contributed by atoms with Crippen LogP contribution in [0.2, 0.25) is 0 Å². The van der Waals surface area contributed by atoms with Crippen LogP contribution >= 0.6 is 0 Å². The van der Waals surface area contributed by atoms with Crippen molar-refractivity contribution in [1.29, 1.82) is 0 Å². The van der Waals surface area contributed by atoms with Crippen LogP contribution in [0.4, 0.5) is 0 Å². The van der Waals surface area contributed by atoms with Crippen molar-refractivity contribution in [3.63, 3.8) is 0 Å². The zero-order valence-electron chi connectivity index (χ0n) is 9.40. The van der Waals surface area contributed by atoms with Crippen LogP contribution in [0.25, 0.3) is 11.3 Å². The Morgan fingerprint density at radius 1 is 1.00 bits per heavy atom. The highest BCUT2D eigenvalue weighted by Gasteiger charge is 2.26. The summed E-state index contributed by atoms with van der Waals surface area (Å²) in [5.74, 6) is 0.908. The smallest absolute Gasteiger partial charge is 0.221 e. The Morgan fingerprint density at radius 2 is 1.67 bits per heavy atom. The summed E-state index contributed by atoms with van der Waals surface area (Å²) in [7, 11) is 0. The van der Waals surface area contributed by atoms with Crippen LogP contribution in [-0.2, 0) is 5.54 Å². The van der Waals surface area contributed by atoms with Gasteiger partial charge in [0.25, 0.3) is 0 Å². The standard InChI is InChI=1S/C13H16NO/c1-13(2,3)14-10-9-12(15-14)11-7-5-4-6-8-11/h4-10H,1-3H3/q+1. The second kappa shape index (κ2) is 3.54. The summed E-state index contributed by atoms with van der Waals surface area (Å²) in [5.41, 5.74) is 1.10. The third kappa shape index (κ3) is 2.09. The molecule has 2 heteroatoms. The Kier molecular flexibility index (Phi) is 2.35. The molecule has 0 aliphatic heterocycles. The van der Waals surface area contributed by atoms with E-state index in [1.165, 1.54) is 0 Å². The number of hydrogen-bond acceptors (Lipinski definition) is 1. The van der Waals surface area contributed by atoms with E-state index >= 15 is 0 Å². The molecule has 0 bridgehead atoms. The molecule has 0 saturated carbocycles. The first-order valence-corrected chi connectivity index (χ1v) is 5.15. The second-order valence-electron chi connectivity index (χ2n) is 4.63. The Labute approximate surface area is 90.1 Å². The van der Waals surface area contributed by atoms with Crippen LogP contribution in [0, 0.1) is 0 Å². The first kappa shape index (κ1) is 9.97. The molecule has 1 aromatic carbocycles. The van der Waals surface area contributed by atoms with Gasteiger partial charge >= 0.3 is 0 Å². The summed E-state index contributed by atoms with van der Waals surface area (Å²) < 4.78 is 7.62. The van der Waals surface area contributed by atoms with Gasteiger partial charge in [-0.3, -0.25) is 0 Å². The Bertz CT molecular complexity index is 437. The first-order valence-electron chi connectivity index (χ1n) is 5.15. The topological polar surface area (TPSA) is 17.0 Å². The molecule has 1 heterocycles. The predicted molar refractivity (Wildman–Crippen MR) is 59.3 cm³/mol. The highest BCUT2D eigenvalue weighted by Crippen LogP contribution is 2.18. The Balaban J connectivity index is 2.37. The molecular weight excluding hydrogens is 186 g/mol. The van der Waals surface area contributed by atoms with Gasteiger partial charge in [0, 0.05) is 26.3 Å². The molecule has 0 N–H and O–H groups in total. The van der Waals surface area contributed by atoms with Crippen LogP contribution < -0.4 is 4.74 Å². The molecule has 0 fully saturated rings. The van der Waals surface area contributed by atoms with Gasteiger partial charge in [-0.15, -0.1) is 0 Å². The minimum atomic E-state index is -0.00691. The molecule has 2 nitrogen and oxygen atoms in total. The largest absolute Gasteiger partial charge is 0.236 e. The van der Waals surface area contributed by atoms with E-state index in [2.05, 4.69) is 20.8 Å². The van der Waals surface area contributed by atoms with E-state index in [-0.39, 0.29) is 5.54 Å². The van der Waals surface area contributed by atoms with Crippen molar-refractivity contribution >= 4 is 0 Å². The normalized spacial score (nSPS) is 11.7. The van der Waals surface area contributed by atoms with Gasteiger partial charge in [0.1, 0.15) is 0 Å². The molecule has 2 aromatic rings. The Morgan fingerprint density at radius 3 is 2.20 bits per heavy atom. The van der Waals surface area contributed by atoms with E-state index in [1.807, 2.05) is 47.3 Å². The summed E-state index contributed by atoms with van der Waals surface area (Å²) in [5, 5.41) is 0. The highest BCUT2D eigenvalue weighted by atomic mass is 16.5. The lowest BCUT2D eigenvalue weighted by Gasteiger charge is -2.05. The zero-order chi connectivity index (χ0) is 10.9. The molecule has 0 unspecified atom stereocenters. The number of nitrogens with zero attached hydrogens (tertiary/aromatic N) is 1. The first-order chi connectivity index (χ1) is 7.07. The van der Waals surface area contributed by atoms with E-state index in [9.17, 15) is 0 Å². The van der Waals surface area contributed by atoms with Crippen molar-refractivity contribution in [2.75, 3.05) is 0 Å². The van der Waals surface area contributed by atoms with Crippen LogP contribution in [0.1, 0.15) is 20.8 Å². The number of rotatable bonds is 1. The highest BCUT2D eigenvalue weighted by molar-refractivity contribution is 5.55. The average Bonchev–Trinajstić information content (AvgIpc) is 2.67. The summed E-state index contributed by atoms with van der Waals surface area (Å²) in [6.45, 7) is 6.35. The fourth-order valence-corrected chi connectivity index (χ4v) is 1.41. The van der Waals surface area contributed by atoms with Crippen molar-refractivity contribution in [3.05, 3.63) is 42.6 Å². The van der Waals surface area contributed by atoms with Gasteiger partial charge < -0.3 is 0 Å². The molecule has 0 saturated heterocycles. The molecule has 0 aliphatic carbocycles. The van der Waals surface area contributed by atoms with Gasteiger partial charge in [-0.25, -0.2) is 4.52 Å². The minimum Gasteiger partial charge on any atom is -0.236 e. The van der Waals surface area contributed by atoms with Crippen molar-refractivity contribution < 1.29 is 9.26 Å². The maximum absolute atomic E-state index is 5.75. The monoisotopic (exact) mass is 202 g/mol. The van der Waals surface area contributed by atoms with Gasteiger partial charge in [0.2, 0.25) is 17.5 Å². The van der Waals surface area contributed by atoms with E-state index in [0.29, 0.717) is 0 Å². The van der Waals surface area contributed by atoms with Crippen molar-refractivity contribution in [3.8, 4) is 11.3 Å². The van der Waals surface area contributed by atoms with Gasteiger partial charge in [-0.2, -0.15) is 0 Å². The molecule has 2 rings (SSSR count). The van der Waals surface area contributed by atoms with E-state index < -0.39 is 0 Å². The van der Waals surface area contributed by atoms with E-state index in [1.54, 1.807) is 0 Å². The molecule has 0 radical (unpaired) electrons. The molecule has 0 amide bonds. The van der Waals surface area contributed by atoms with Crippen molar-refractivity contribution in [1.82, 2.24) is 0 Å².